The number of hydrogen-bond donors (Lipinski definition) is 0. The normalized spacial score (nSPS) is 14.9. The van der Waals surface area contributed by atoms with E-state index in [9.17, 15) is 4.89 Å². The largest absolute Gasteiger partial charge is 0.793 e. The molecule has 94 valence electrons. The third kappa shape index (κ3) is 13.6. The van der Waals surface area contributed by atoms with Crippen LogP contribution in [0.4, 0.5) is 0 Å². The summed E-state index contributed by atoms with van der Waals surface area (Å²) in [5.74, 6) is 2.03. The van der Waals surface area contributed by atoms with Crippen molar-refractivity contribution in [1.29, 1.82) is 0 Å². The van der Waals surface area contributed by atoms with Gasteiger partial charge in [-0.25, -0.2) is 0 Å². The van der Waals surface area contributed by atoms with Crippen LogP contribution >= 0.6 is 17.1 Å². The maximum absolute atomic E-state index is 11.7. The molecule has 0 N–H and O–H groups in total. The summed E-state index contributed by atoms with van der Waals surface area (Å²) in [5, 5.41) is 0. The van der Waals surface area contributed by atoms with E-state index in [1.807, 2.05) is 0 Å². The van der Waals surface area contributed by atoms with Crippen LogP contribution in [-0.2, 0) is 35.8 Å². The molecule has 16 heavy (non-hydrogen) atoms. The van der Waals surface area contributed by atoms with Crippen LogP contribution in [0.1, 0.15) is 40.5 Å². The van der Waals surface area contributed by atoms with Gasteiger partial charge in [-0.3, -0.25) is 0 Å². The van der Waals surface area contributed by atoms with E-state index in [0.29, 0.717) is 18.4 Å². The van der Waals surface area contributed by atoms with Gasteiger partial charge < -0.3 is 9.42 Å². The van der Waals surface area contributed by atoms with E-state index < -0.39 is 5.69 Å². The molecule has 0 fully saturated rings. The molecule has 0 saturated heterocycles. The van der Waals surface area contributed by atoms with Gasteiger partial charge in [0.1, 0.15) is 0 Å². The molecule has 0 aliphatic rings. The average Bonchev–Trinajstić information content (AvgIpc) is 2.01. The molecule has 0 aromatic rings. The smallest absolute Gasteiger partial charge is 0.0516 e. The van der Waals surface area contributed by atoms with E-state index in [2.05, 4.69) is 27.7 Å². The quantitative estimate of drug-likeness (QED) is 0.503. The van der Waals surface area contributed by atoms with Gasteiger partial charge in [0.25, 0.3) is 0 Å². The van der Waals surface area contributed by atoms with Crippen LogP contribution in [0, 0.1) is 11.8 Å². The summed E-state index contributed by atoms with van der Waals surface area (Å²) in [7, 11) is 0. The minimum atomic E-state index is -2.80. The molecule has 0 rings (SSSR count). The summed E-state index contributed by atoms with van der Waals surface area (Å²) in [6, 6.07) is 0. The van der Waals surface area contributed by atoms with E-state index >= 15 is 0 Å². The SMILES string of the molecule is CC(C)CCOP([O-])(=S)SCCC(C)C.[Zn]. The van der Waals surface area contributed by atoms with E-state index in [4.69, 9.17) is 16.3 Å². The van der Waals surface area contributed by atoms with Crippen molar-refractivity contribution in [1.82, 2.24) is 0 Å². The summed E-state index contributed by atoms with van der Waals surface area (Å²) >= 11 is 6.25. The van der Waals surface area contributed by atoms with Crippen LogP contribution in [-0.4, -0.2) is 12.4 Å². The van der Waals surface area contributed by atoms with Crippen LogP contribution < -0.4 is 4.89 Å². The Morgan fingerprint density at radius 1 is 1.19 bits per heavy atom. The van der Waals surface area contributed by atoms with E-state index in [1.54, 1.807) is 0 Å². The van der Waals surface area contributed by atoms with Crippen molar-refractivity contribution in [2.75, 3.05) is 12.4 Å². The van der Waals surface area contributed by atoms with Gasteiger partial charge >= 0.3 is 0 Å². The summed E-state index contributed by atoms with van der Waals surface area (Å²) in [4.78, 5) is 11.7. The summed E-state index contributed by atoms with van der Waals surface area (Å²) in [6.07, 6.45) is 1.96. The Balaban J connectivity index is 0. The van der Waals surface area contributed by atoms with Crippen LogP contribution in [0.2, 0.25) is 0 Å². The topological polar surface area (TPSA) is 32.3 Å². The Bertz CT molecular complexity index is 195. The van der Waals surface area contributed by atoms with Crippen molar-refractivity contribution in [2.45, 2.75) is 40.5 Å². The van der Waals surface area contributed by atoms with Crippen molar-refractivity contribution in [3.05, 3.63) is 0 Å². The van der Waals surface area contributed by atoms with Crippen molar-refractivity contribution in [3.8, 4) is 0 Å². The molecule has 0 aliphatic heterocycles. The van der Waals surface area contributed by atoms with Crippen molar-refractivity contribution >= 4 is 28.9 Å². The molecule has 0 heterocycles. The first-order chi connectivity index (χ1) is 6.83. The standard InChI is InChI=1S/C10H23O2PS2.Zn/c1-9(2)5-7-12-13(11,14)15-8-6-10(3)4;/h9-10H,5-8H2,1-4H3,(H,11,14);/p-1. The first kappa shape index (κ1) is 19.9. The van der Waals surface area contributed by atoms with Gasteiger partial charge in [0.15, 0.2) is 0 Å². The minimum absolute atomic E-state index is 0. The molecule has 2 nitrogen and oxygen atoms in total. The van der Waals surface area contributed by atoms with Crippen molar-refractivity contribution < 1.29 is 28.9 Å². The zero-order chi connectivity index (χ0) is 11.9. The Labute approximate surface area is 122 Å². The molecule has 0 amide bonds. The van der Waals surface area contributed by atoms with Gasteiger partial charge in [-0.05, 0) is 30.4 Å². The molecule has 0 bridgehead atoms. The fourth-order valence-corrected chi connectivity index (χ4v) is 4.37. The molecular formula is C10H22O2PS2Zn-. The van der Waals surface area contributed by atoms with E-state index in [0.717, 1.165) is 18.6 Å². The van der Waals surface area contributed by atoms with Gasteiger partial charge in [0, 0.05) is 25.2 Å². The molecule has 0 radical (unpaired) electrons. The second-order valence-electron chi connectivity index (χ2n) is 4.48. The monoisotopic (exact) mass is 333 g/mol. The molecule has 1 unspecified atom stereocenters. The van der Waals surface area contributed by atoms with Gasteiger partial charge in [-0.2, -0.15) is 0 Å². The Hall–Kier alpha value is 1.54. The van der Waals surface area contributed by atoms with Crippen LogP contribution in [0.25, 0.3) is 0 Å². The second kappa shape index (κ2) is 10.5. The summed E-state index contributed by atoms with van der Waals surface area (Å²) in [5.41, 5.74) is -2.80. The maximum atomic E-state index is 11.7. The first-order valence-electron chi connectivity index (χ1n) is 5.43. The molecular weight excluding hydrogens is 313 g/mol. The predicted octanol–water partition coefficient (Wildman–Crippen LogP) is 3.41. The van der Waals surface area contributed by atoms with E-state index in [-0.39, 0.29) is 19.5 Å². The summed E-state index contributed by atoms with van der Waals surface area (Å²) in [6.45, 7) is 9.04. The molecule has 0 saturated carbocycles. The Kier molecular flexibility index (Phi) is 13.0. The molecule has 0 aliphatic carbocycles. The van der Waals surface area contributed by atoms with Crippen LogP contribution in [0.5, 0.6) is 0 Å². The van der Waals surface area contributed by atoms with Gasteiger partial charge in [0.05, 0.1) is 6.61 Å². The molecule has 0 spiro atoms. The van der Waals surface area contributed by atoms with Crippen LogP contribution in [0.3, 0.4) is 0 Å². The Morgan fingerprint density at radius 3 is 2.12 bits per heavy atom. The van der Waals surface area contributed by atoms with Gasteiger partial charge in [-0.15, -0.1) is 11.4 Å². The fraction of sp³-hybridized carbons (Fsp3) is 1.00. The van der Waals surface area contributed by atoms with E-state index in [1.165, 1.54) is 11.4 Å². The van der Waals surface area contributed by atoms with Gasteiger partial charge in [0.2, 0.25) is 0 Å². The minimum Gasteiger partial charge on any atom is -0.793 e. The number of hydrogen-bond acceptors (Lipinski definition) is 4. The molecule has 0 aromatic carbocycles. The zero-order valence-electron chi connectivity index (χ0n) is 10.8. The average molecular weight is 335 g/mol. The second-order valence-corrected chi connectivity index (χ2v) is 10.7. The maximum Gasteiger partial charge on any atom is 0.0516 e. The summed E-state index contributed by atoms with van der Waals surface area (Å²) < 4.78 is 5.26. The third-order valence-corrected chi connectivity index (χ3v) is 6.20. The molecule has 1 atom stereocenters. The number of rotatable bonds is 8. The fourth-order valence-electron chi connectivity index (χ4n) is 0.838. The zero-order valence-corrected chi connectivity index (χ0v) is 16.3. The first-order valence-corrected chi connectivity index (χ1v) is 9.66. The van der Waals surface area contributed by atoms with Crippen molar-refractivity contribution in [2.24, 2.45) is 11.8 Å². The predicted molar refractivity (Wildman–Crippen MR) is 71.6 cm³/mol. The Morgan fingerprint density at radius 2 is 1.69 bits per heavy atom. The molecule has 6 heteroatoms. The molecule has 0 aromatic heterocycles. The van der Waals surface area contributed by atoms with Crippen LogP contribution in [0.15, 0.2) is 0 Å². The van der Waals surface area contributed by atoms with Crippen molar-refractivity contribution in [3.63, 3.8) is 0 Å². The van der Waals surface area contributed by atoms with Gasteiger partial charge in [-0.1, -0.05) is 39.5 Å². The third-order valence-electron chi connectivity index (χ3n) is 1.89.